The zero-order valence-electron chi connectivity index (χ0n) is 13.0. The molecule has 3 rings (SSSR count). The zero-order chi connectivity index (χ0) is 17.2. The number of carbonyl (C=O) groups excluding carboxylic acids is 1. The Labute approximate surface area is 151 Å². The van der Waals surface area contributed by atoms with Gasteiger partial charge in [-0.1, -0.05) is 29.8 Å². The van der Waals surface area contributed by atoms with Crippen LogP contribution in [-0.2, 0) is 27.6 Å². The van der Waals surface area contributed by atoms with Gasteiger partial charge >= 0.3 is 0 Å². The van der Waals surface area contributed by atoms with Gasteiger partial charge in [0.2, 0.25) is 5.91 Å². The summed E-state index contributed by atoms with van der Waals surface area (Å²) in [5.74, 6) is 0.171. The van der Waals surface area contributed by atoms with Crippen LogP contribution in [0.15, 0.2) is 41.8 Å². The van der Waals surface area contributed by atoms with E-state index in [9.17, 15) is 13.2 Å². The third-order valence-electron chi connectivity index (χ3n) is 4.14. The van der Waals surface area contributed by atoms with Gasteiger partial charge in [0, 0.05) is 15.9 Å². The second-order valence-electron chi connectivity index (χ2n) is 5.96. The molecule has 0 N–H and O–H groups in total. The van der Waals surface area contributed by atoms with Crippen LogP contribution in [0.25, 0.3) is 0 Å². The lowest BCUT2D eigenvalue weighted by Gasteiger charge is -2.28. The van der Waals surface area contributed by atoms with Gasteiger partial charge in [0.05, 0.1) is 24.5 Å². The van der Waals surface area contributed by atoms with Crippen molar-refractivity contribution in [3.8, 4) is 0 Å². The van der Waals surface area contributed by atoms with E-state index in [1.165, 1.54) is 0 Å². The molecule has 4 nitrogen and oxygen atoms in total. The van der Waals surface area contributed by atoms with Crippen LogP contribution >= 0.6 is 22.9 Å². The molecule has 1 aliphatic heterocycles. The van der Waals surface area contributed by atoms with Crippen LogP contribution < -0.4 is 0 Å². The first-order valence-corrected chi connectivity index (χ1v) is 10.8. The van der Waals surface area contributed by atoms with Gasteiger partial charge in [-0.15, -0.1) is 11.3 Å². The Hall–Kier alpha value is -1.37. The second-order valence-corrected chi connectivity index (χ2v) is 9.66. The van der Waals surface area contributed by atoms with Crippen molar-refractivity contribution >= 4 is 38.7 Å². The summed E-state index contributed by atoms with van der Waals surface area (Å²) in [7, 11) is -3.04. The Morgan fingerprint density at radius 1 is 1.25 bits per heavy atom. The van der Waals surface area contributed by atoms with Gasteiger partial charge in [0.15, 0.2) is 9.84 Å². The highest BCUT2D eigenvalue weighted by atomic mass is 35.5. The Balaban J connectivity index is 1.78. The number of rotatable bonds is 5. The fourth-order valence-corrected chi connectivity index (χ4v) is 5.45. The fraction of sp³-hybridized carbons (Fsp3) is 0.353. The number of hydrogen-bond acceptors (Lipinski definition) is 4. The minimum Gasteiger partial charge on any atom is -0.333 e. The van der Waals surface area contributed by atoms with Crippen molar-refractivity contribution in [3.05, 3.63) is 57.2 Å². The molecule has 1 aliphatic rings. The molecule has 1 aromatic carbocycles. The molecule has 2 aromatic rings. The highest BCUT2D eigenvalue weighted by molar-refractivity contribution is 7.91. The van der Waals surface area contributed by atoms with E-state index in [1.807, 2.05) is 29.6 Å². The molecule has 1 saturated heterocycles. The van der Waals surface area contributed by atoms with Crippen molar-refractivity contribution in [1.29, 1.82) is 0 Å². The minimum absolute atomic E-state index is 0.0483. The monoisotopic (exact) mass is 383 g/mol. The molecule has 24 heavy (non-hydrogen) atoms. The van der Waals surface area contributed by atoms with Crippen LogP contribution in [0.4, 0.5) is 0 Å². The molecule has 1 aromatic heterocycles. The Bertz CT molecular complexity index is 801. The normalized spacial score (nSPS) is 19.3. The predicted octanol–water partition coefficient (Wildman–Crippen LogP) is 3.16. The van der Waals surface area contributed by atoms with Crippen molar-refractivity contribution < 1.29 is 13.2 Å². The quantitative estimate of drug-likeness (QED) is 0.796. The summed E-state index contributed by atoms with van der Waals surface area (Å²) in [5, 5.41) is 2.59. The molecule has 7 heteroatoms. The summed E-state index contributed by atoms with van der Waals surface area (Å²) in [5.41, 5.74) is 0.876. The molecule has 1 atom stereocenters. The van der Waals surface area contributed by atoms with Crippen molar-refractivity contribution in [2.24, 2.45) is 0 Å². The van der Waals surface area contributed by atoms with Crippen molar-refractivity contribution in [2.75, 3.05) is 11.5 Å². The third-order valence-corrected chi connectivity index (χ3v) is 7.01. The van der Waals surface area contributed by atoms with Crippen LogP contribution in [0.3, 0.4) is 0 Å². The summed E-state index contributed by atoms with van der Waals surface area (Å²) >= 11 is 7.45. The molecule has 0 bridgehead atoms. The summed E-state index contributed by atoms with van der Waals surface area (Å²) in [6.45, 7) is 0.463. The van der Waals surface area contributed by atoms with Crippen molar-refractivity contribution in [2.45, 2.75) is 25.4 Å². The SMILES string of the molecule is O=C(Cc1ccc(Cl)cc1)N(Cc1cccs1)C1CCS(=O)(=O)C1. The topological polar surface area (TPSA) is 54.5 Å². The maximum absolute atomic E-state index is 12.8. The zero-order valence-corrected chi connectivity index (χ0v) is 15.4. The molecule has 1 fully saturated rings. The van der Waals surface area contributed by atoms with Crippen LogP contribution in [0.2, 0.25) is 5.02 Å². The molecular weight excluding hydrogens is 366 g/mol. The summed E-state index contributed by atoms with van der Waals surface area (Å²) in [4.78, 5) is 15.6. The number of nitrogens with zero attached hydrogens (tertiary/aromatic N) is 1. The Morgan fingerprint density at radius 3 is 2.58 bits per heavy atom. The number of halogens is 1. The highest BCUT2D eigenvalue weighted by Gasteiger charge is 2.34. The smallest absolute Gasteiger partial charge is 0.227 e. The number of hydrogen-bond donors (Lipinski definition) is 0. The average Bonchev–Trinajstić information content (AvgIpc) is 3.16. The van der Waals surface area contributed by atoms with Gasteiger partial charge in [0.25, 0.3) is 0 Å². The number of sulfone groups is 1. The maximum Gasteiger partial charge on any atom is 0.227 e. The summed E-state index contributed by atoms with van der Waals surface area (Å²) in [6.07, 6.45) is 0.763. The van der Waals surface area contributed by atoms with Crippen LogP contribution in [0.5, 0.6) is 0 Å². The van der Waals surface area contributed by atoms with E-state index in [-0.39, 0.29) is 29.9 Å². The van der Waals surface area contributed by atoms with Crippen LogP contribution in [-0.4, -0.2) is 36.8 Å². The van der Waals surface area contributed by atoms with E-state index in [0.29, 0.717) is 18.0 Å². The third kappa shape index (κ3) is 4.37. The Morgan fingerprint density at radius 2 is 2.00 bits per heavy atom. The average molecular weight is 384 g/mol. The minimum atomic E-state index is -3.04. The lowest BCUT2D eigenvalue weighted by molar-refractivity contribution is -0.133. The number of amides is 1. The first-order valence-electron chi connectivity index (χ1n) is 7.70. The molecule has 0 aliphatic carbocycles. The maximum atomic E-state index is 12.8. The Kier molecular flexibility index (Phi) is 5.27. The lowest BCUT2D eigenvalue weighted by atomic mass is 10.1. The first kappa shape index (κ1) is 17.5. The largest absolute Gasteiger partial charge is 0.333 e. The molecule has 1 amide bonds. The molecule has 0 radical (unpaired) electrons. The van der Waals surface area contributed by atoms with Gasteiger partial charge in [-0.2, -0.15) is 0 Å². The van der Waals surface area contributed by atoms with Gasteiger partial charge in [-0.05, 0) is 35.6 Å². The van der Waals surface area contributed by atoms with Gasteiger partial charge < -0.3 is 4.90 Å². The van der Waals surface area contributed by atoms with Crippen LogP contribution in [0.1, 0.15) is 16.9 Å². The molecule has 2 heterocycles. The van der Waals surface area contributed by atoms with E-state index in [4.69, 9.17) is 11.6 Å². The van der Waals surface area contributed by atoms with Gasteiger partial charge in [0.1, 0.15) is 0 Å². The molecule has 1 unspecified atom stereocenters. The lowest BCUT2D eigenvalue weighted by Crippen LogP contribution is -2.41. The van der Waals surface area contributed by atoms with Crippen LogP contribution in [0, 0.1) is 0 Å². The summed E-state index contributed by atoms with van der Waals surface area (Å²) in [6, 6.07) is 10.8. The van der Waals surface area contributed by atoms with Gasteiger partial charge in [-0.3, -0.25) is 4.79 Å². The molecule has 0 saturated carbocycles. The standard InChI is InChI=1S/C17H18ClNO3S2/c18-14-5-3-13(4-6-14)10-17(20)19(11-16-2-1-8-23-16)15-7-9-24(21,22)12-15/h1-6,8,15H,7,9-12H2. The van der Waals surface area contributed by atoms with Gasteiger partial charge in [-0.25, -0.2) is 8.42 Å². The molecule has 128 valence electrons. The number of thiophene rings is 1. The van der Waals surface area contributed by atoms with Crippen molar-refractivity contribution in [3.63, 3.8) is 0 Å². The predicted molar refractivity (Wildman–Crippen MR) is 97.1 cm³/mol. The molecular formula is C17H18ClNO3S2. The summed E-state index contributed by atoms with van der Waals surface area (Å²) < 4.78 is 23.6. The highest BCUT2D eigenvalue weighted by Crippen LogP contribution is 2.23. The van der Waals surface area contributed by atoms with Crippen molar-refractivity contribution in [1.82, 2.24) is 4.90 Å². The molecule has 0 spiro atoms. The number of benzene rings is 1. The number of carbonyl (C=O) groups is 1. The van der Waals surface area contributed by atoms with E-state index in [2.05, 4.69) is 0 Å². The fourth-order valence-electron chi connectivity index (χ4n) is 2.89. The second kappa shape index (κ2) is 7.25. The van der Waals surface area contributed by atoms with E-state index in [1.54, 1.807) is 28.4 Å². The van der Waals surface area contributed by atoms with E-state index < -0.39 is 9.84 Å². The van der Waals surface area contributed by atoms with E-state index in [0.717, 1.165) is 10.4 Å². The first-order chi connectivity index (χ1) is 11.4. The van der Waals surface area contributed by atoms with E-state index >= 15 is 0 Å².